The number of nitrogens with one attached hydrogen (secondary N) is 3. The first-order chi connectivity index (χ1) is 16.6. The molecule has 1 aromatic carbocycles. The number of nitrogens with zero attached hydrogens (tertiary/aromatic N) is 2. The van der Waals surface area contributed by atoms with Crippen LogP contribution in [0.25, 0.3) is 0 Å². The van der Waals surface area contributed by atoms with Crippen LogP contribution in [-0.2, 0) is 16.1 Å². The number of amides is 2. The van der Waals surface area contributed by atoms with Gasteiger partial charge in [0.15, 0.2) is 0 Å². The van der Waals surface area contributed by atoms with Crippen molar-refractivity contribution in [2.45, 2.75) is 38.3 Å². The number of hydrogen-bond donors (Lipinski definition) is 4. The zero-order chi connectivity index (χ0) is 25.6. The van der Waals surface area contributed by atoms with Gasteiger partial charge < -0.3 is 21.7 Å². The fourth-order valence-corrected chi connectivity index (χ4v) is 3.29. The molecule has 1 aliphatic carbocycles. The molecule has 1 fully saturated rings. The lowest BCUT2D eigenvalue weighted by atomic mass is 10.1. The van der Waals surface area contributed by atoms with Crippen LogP contribution in [0.1, 0.15) is 37.4 Å². The summed E-state index contributed by atoms with van der Waals surface area (Å²) in [6.07, 6.45) is 2.17. The summed E-state index contributed by atoms with van der Waals surface area (Å²) in [5.74, 6) is -0.852. The molecule has 184 valence electrons. The fourth-order valence-electron chi connectivity index (χ4n) is 3.11. The van der Waals surface area contributed by atoms with Gasteiger partial charge in [-0.15, -0.1) is 0 Å². The summed E-state index contributed by atoms with van der Waals surface area (Å²) < 4.78 is 26.5. The normalized spacial score (nSPS) is 14.6. The number of alkyl halides is 2. The van der Waals surface area contributed by atoms with Crippen molar-refractivity contribution in [1.82, 2.24) is 15.6 Å². The van der Waals surface area contributed by atoms with Gasteiger partial charge in [0.25, 0.3) is 12.3 Å². The second kappa shape index (κ2) is 11.1. The molecule has 0 bridgehead atoms. The zero-order valence-electron chi connectivity index (χ0n) is 18.9. The van der Waals surface area contributed by atoms with Gasteiger partial charge in [0, 0.05) is 34.4 Å². The third kappa shape index (κ3) is 6.86. The lowest BCUT2D eigenvalue weighted by Crippen LogP contribution is -2.49. The molecule has 3 rings (SSSR count). The number of anilines is 2. The van der Waals surface area contributed by atoms with Crippen molar-refractivity contribution >= 4 is 41.0 Å². The highest BCUT2D eigenvalue weighted by atomic mass is 35.5. The second-order valence-corrected chi connectivity index (χ2v) is 8.47. The number of allylic oxidation sites excluding steroid dienone is 1. The minimum Gasteiger partial charge on any atom is -0.404 e. The van der Waals surface area contributed by atoms with Crippen LogP contribution >= 0.6 is 11.6 Å². The third-order valence-corrected chi connectivity index (χ3v) is 5.42. The zero-order valence-corrected chi connectivity index (χ0v) is 19.7. The summed E-state index contributed by atoms with van der Waals surface area (Å²) in [7, 11) is 0. The predicted molar refractivity (Wildman–Crippen MR) is 131 cm³/mol. The average Bonchev–Trinajstić information content (AvgIpc) is 3.60. The first-order valence-corrected chi connectivity index (χ1v) is 11.0. The topological polar surface area (TPSA) is 121 Å². The number of nitrogens with two attached hydrogens (primary N) is 1. The Hall–Kier alpha value is -3.79. The van der Waals surface area contributed by atoms with Crippen molar-refractivity contribution in [3.63, 3.8) is 0 Å². The van der Waals surface area contributed by atoms with E-state index >= 15 is 0 Å². The molecule has 35 heavy (non-hydrogen) atoms. The Balaban J connectivity index is 1.57. The summed E-state index contributed by atoms with van der Waals surface area (Å²) in [5.41, 5.74) is 6.16. The van der Waals surface area contributed by atoms with Gasteiger partial charge in [-0.2, -0.15) is 0 Å². The summed E-state index contributed by atoms with van der Waals surface area (Å²) in [6, 6.07) is 7.50. The highest BCUT2D eigenvalue weighted by molar-refractivity contribution is 6.30. The van der Waals surface area contributed by atoms with Crippen molar-refractivity contribution in [2.24, 2.45) is 10.7 Å². The van der Waals surface area contributed by atoms with Crippen molar-refractivity contribution < 1.29 is 18.4 Å². The molecule has 5 N–H and O–H groups in total. The van der Waals surface area contributed by atoms with Gasteiger partial charge in [0.2, 0.25) is 5.91 Å². The first kappa shape index (κ1) is 25.8. The molecule has 1 aliphatic rings. The van der Waals surface area contributed by atoms with Crippen LogP contribution < -0.4 is 21.7 Å². The molecular formula is C24H25ClF2N6O2. The van der Waals surface area contributed by atoms with E-state index in [0.717, 1.165) is 6.20 Å². The molecule has 0 saturated heterocycles. The van der Waals surface area contributed by atoms with E-state index in [-0.39, 0.29) is 34.3 Å². The number of rotatable bonds is 10. The molecule has 0 aliphatic heterocycles. The van der Waals surface area contributed by atoms with E-state index in [4.69, 9.17) is 17.3 Å². The predicted octanol–water partition coefficient (Wildman–Crippen LogP) is 4.13. The summed E-state index contributed by atoms with van der Waals surface area (Å²) in [5, 5.41) is 8.59. The van der Waals surface area contributed by atoms with E-state index in [1.54, 1.807) is 19.1 Å². The van der Waals surface area contributed by atoms with Gasteiger partial charge in [-0.1, -0.05) is 18.2 Å². The number of carbonyl (C=O) groups is 2. The molecule has 1 aromatic heterocycles. The minimum absolute atomic E-state index is 0.118. The SMILES string of the molecule is C=C(C)/N=C\C(=C/N)C(=O)NC1(C(=O)NCc2ccc(Nc3ccc(Cl)cc3C(F)F)cn2)CC1. The van der Waals surface area contributed by atoms with Crippen LogP contribution in [0.15, 0.2) is 65.6 Å². The summed E-state index contributed by atoms with van der Waals surface area (Å²) in [4.78, 5) is 33.4. The smallest absolute Gasteiger partial charge is 0.265 e. The molecule has 11 heteroatoms. The standard InChI is InChI=1S/C24H25ClF2N6O2/c1-14(2)29-11-15(10-28)22(34)33-24(7-8-24)23(35)31-12-17-4-5-18(13-30-17)32-20-6-3-16(25)9-19(20)21(26)27/h3-6,9-11,13,21,32H,1,7-8,12,28H2,2H3,(H,31,35)(H,33,34)/b15-10+,29-11-. The molecule has 0 spiro atoms. The maximum Gasteiger partial charge on any atom is 0.265 e. The maximum absolute atomic E-state index is 13.3. The largest absolute Gasteiger partial charge is 0.404 e. The number of benzene rings is 1. The Morgan fingerprint density at radius 1 is 1.31 bits per heavy atom. The Labute approximate surface area is 206 Å². The summed E-state index contributed by atoms with van der Waals surface area (Å²) in [6.45, 7) is 5.42. The lowest BCUT2D eigenvalue weighted by Gasteiger charge is -2.17. The lowest BCUT2D eigenvalue weighted by molar-refractivity contribution is -0.128. The van der Waals surface area contributed by atoms with Crippen LogP contribution in [0.4, 0.5) is 20.2 Å². The number of aliphatic imine (C=N–C) groups is 1. The van der Waals surface area contributed by atoms with E-state index in [1.165, 1.54) is 30.6 Å². The van der Waals surface area contributed by atoms with Crippen molar-refractivity contribution in [2.75, 3.05) is 5.32 Å². The van der Waals surface area contributed by atoms with Gasteiger partial charge >= 0.3 is 0 Å². The van der Waals surface area contributed by atoms with Crippen LogP contribution in [0.5, 0.6) is 0 Å². The van der Waals surface area contributed by atoms with Crippen molar-refractivity contribution in [3.8, 4) is 0 Å². The van der Waals surface area contributed by atoms with Crippen LogP contribution in [-0.4, -0.2) is 28.6 Å². The Bertz CT molecular complexity index is 1180. The number of halogens is 3. The van der Waals surface area contributed by atoms with E-state index in [1.807, 2.05) is 0 Å². The Morgan fingerprint density at radius 3 is 2.63 bits per heavy atom. The molecule has 0 atom stereocenters. The van der Waals surface area contributed by atoms with Gasteiger partial charge in [0.05, 0.1) is 29.7 Å². The van der Waals surface area contributed by atoms with Crippen LogP contribution in [0, 0.1) is 0 Å². The second-order valence-electron chi connectivity index (χ2n) is 8.03. The summed E-state index contributed by atoms with van der Waals surface area (Å²) >= 11 is 5.81. The van der Waals surface area contributed by atoms with Gasteiger partial charge in [-0.25, -0.2) is 8.78 Å². The minimum atomic E-state index is -2.69. The number of carbonyl (C=O) groups excluding carboxylic acids is 2. The third-order valence-electron chi connectivity index (χ3n) is 5.19. The molecule has 2 amide bonds. The highest BCUT2D eigenvalue weighted by Gasteiger charge is 2.51. The Morgan fingerprint density at radius 2 is 2.06 bits per heavy atom. The monoisotopic (exact) mass is 502 g/mol. The molecule has 1 heterocycles. The quantitative estimate of drug-likeness (QED) is 0.287. The van der Waals surface area contributed by atoms with E-state index in [2.05, 4.69) is 32.5 Å². The van der Waals surface area contributed by atoms with E-state index in [0.29, 0.717) is 29.9 Å². The Kier molecular flexibility index (Phi) is 8.18. The van der Waals surface area contributed by atoms with Gasteiger partial charge in [-0.3, -0.25) is 19.6 Å². The van der Waals surface area contributed by atoms with E-state index in [9.17, 15) is 18.4 Å². The van der Waals surface area contributed by atoms with Crippen molar-refractivity contribution in [1.29, 1.82) is 0 Å². The first-order valence-electron chi connectivity index (χ1n) is 10.7. The van der Waals surface area contributed by atoms with Gasteiger partial charge in [0.1, 0.15) is 5.54 Å². The molecule has 1 saturated carbocycles. The maximum atomic E-state index is 13.3. The van der Waals surface area contributed by atoms with Crippen LogP contribution in [0.2, 0.25) is 5.02 Å². The van der Waals surface area contributed by atoms with Crippen LogP contribution in [0.3, 0.4) is 0 Å². The average molecular weight is 503 g/mol. The molecule has 2 aromatic rings. The van der Waals surface area contributed by atoms with E-state index < -0.39 is 17.9 Å². The van der Waals surface area contributed by atoms with Crippen molar-refractivity contribution in [3.05, 3.63) is 76.9 Å². The molecule has 0 unspecified atom stereocenters. The molecule has 0 radical (unpaired) electrons. The fraction of sp³-hybridized carbons (Fsp3) is 0.250. The molecule has 8 nitrogen and oxygen atoms in total. The number of hydrogen-bond acceptors (Lipinski definition) is 6. The molecular weight excluding hydrogens is 478 g/mol. The van der Waals surface area contributed by atoms with Gasteiger partial charge in [-0.05, 0) is 50.1 Å². The number of aromatic nitrogens is 1. The highest BCUT2D eigenvalue weighted by Crippen LogP contribution is 2.36. The number of pyridine rings is 1.